The van der Waals surface area contributed by atoms with E-state index in [-0.39, 0.29) is 23.7 Å². The maximum atomic E-state index is 12.2. The largest absolute Gasteiger partial charge is 0.493 e. The van der Waals surface area contributed by atoms with E-state index in [4.69, 9.17) is 10.5 Å². The average Bonchev–Trinajstić information content (AvgIpc) is 3.12. The number of halogens is 1. The molecule has 3 N–H and O–H groups in total. The highest BCUT2D eigenvalue weighted by atomic mass is 35.5. The summed E-state index contributed by atoms with van der Waals surface area (Å²) in [6.45, 7) is 6.50. The van der Waals surface area contributed by atoms with Crippen LogP contribution in [0.4, 0.5) is 0 Å². The zero-order chi connectivity index (χ0) is 18.8. The summed E-state index contributed by atoms with van der Waals surface area (Å²) in [5.74, 6) is 1.63. The highest BCUT2D eigenvalue weighted by Crippen LogP contribution is 2.41. The molecule has 27 heavy (non-hydrogen) atoms. The van der Waals surface area contributed by atoms with E-state index in [1.165, 1.54) is 18.4 Å². The Labute approximate surface area is 171 Å². The van der Waals surface area contributed by atoms with Crippen molar-refractivity contribution >= 4 is 18.3 Å². The van der Waals surface area contributed by atoms with Crippen molar-refractivity contribution in [3.05, 3.63) is 29.8 Å². The Bertz CT molecular complexity index is 540. The van der Waals surface area contributed by atoms with E-state index in [9.17, 15) is 4.79 Å². The summed E-state index contributed by atoms with van der Waals surface area (Å²) < 4.78 is 5.80. The lowest BCUT2D eigenvalue weighted by Gasteiger charge is -2.30. The molecule has 154 valence electrons. The first kappa shape index (κ1) is 23.8. The minimum absolute atomic E-state index is 0. The molecule has 0 atom stereocenters. The molecule has 1 amide bonds. The second-order valence-electron chi connectivity index (χ2n) is 8.09. The number of amides is 1. The van der Waals surface area contributed by atoms with Gasteiger partial charge in [-0.25, -0.2) is 0 Å². The molecule has 0 saturated heterocycles. The molecule has 0 radical (unpaired) electrons. The molecule has 0 heterocycles. The van der Waals surface area contributed by atoms with Crippen molar-refractivity contribution < 1.29 is 9.53 Å². The van der Waals surface area contributed by atoms with Gasteiger partial charge in [0.2, 0.25) is 5.91 Å². The van der Waals surface area contributed by atoms with Gasteiger partial charge in [0.1, 0.15) is 5.75 Å². The van der Waals surface area contributed by atoms with Crippen LogP contribution in [0, 0.1) is 5.92 Å². The van der Waals surface area contributed by atoms with Crippen LogP contribution in [0.2, 0.25) is 0 Å². The van der Waals surface area contributed by atoms with Crippen molar-refractivity contribution in [2.75, 3.05) is 19.7 Å². The van der Waals surface area contributed by atoms with Gasteiger partial charge in [0.25, 0.3) is 0 Å². The van der Waals surface area contributed by atoms with E-state index in [1.54, 1.807) is 0 Å². The van der Waals surface area contributed by atoms with E-state index in [1.807, 2.05) is 0 Å². The van der Waals surface area contributed by atoms with E-state index in [2.05, 4.69) is 43.4 Å². The normalized spacial score (nSPS) is 15.4. The first-order valence-corrected chi connectivity index (χ1v) is 10.3. The van der Waals surface area contributed by atoms with Crippen LogP contribution in [0.3, 0.4) is 0 Å². The fourth-order valence-electron chi connectivity index (χ4n) is 3.75. The average molecular weight is 397 g/mol. The first-order chi connectivity index (χ1) is 12.6. The van der Waals surface area contributed by atoms with Crippen LogP contribution in [0.25, 0.3) is 0 Å². The number of ether oxygens (including phenoxy) is 1. The summed E-state index contributed by atoms with van der Waals surface area (Å²) in [5.41, 5.74) is 6.92. The Morgan fingerprint density at radius 1 is 1.15 bits per heavy atom. The van der Waals surface area contributed by atoms with Gasteiger partial charge in [0, 0.05) is 18.4 Å². The van der Waals surface area contributed by atoms with Gasteiger partial charge in [0.15, 0.2) is 0 Å². The lowest BCUT2D eigenvalue weighted by atomic mass is 9.78. The van der Waals surface area contributed by atoms with Gasteiger partial charge in [-0.15, -0.1) is 12.4 Å². The van der Waals surface area contributed by atoms with Gasteiger partial charge in [0.05, 0.1) is 6.61 Å². The highest BCUT2D eigenvalue weighted by molar-refractivity contribution is 5.85. The summed E-state index contributed by atoms with van der Waals surface area (Å²) in [7, 11) is 0. The Morgan fingerprint density at radius 2 is 1.81 bits per heavy atom. The zero-order valence-electron chi connectivity index (χ0n) is 17.0. The Kier molecular flexibility index (Phi) is 10.8. The van der Waals surface area contributed by atoms with Crippen molar-refractivity contribution in [3.8, 4) is 5.75 Å². The quantitative estimate of drug-likeness (QED) is 0.537. The summed E-state index contributed by atoms with van der Waals surface area (Å²) in [5, 5.41) is 3.19. The summed E-state index contributed by atoms with van der Waals surface area (Å²) in [6.07, 6.45) is 8.33. The monoisotopic (exact) mass is 396 g/mol. The van der Waals surface area contributed by atoms with Crippen molar-refractivity contribution in [3.63, 3.8) is 0 Å². The highest BCUT2D eigenvalue weighted by Gasteiger charge is 2.35. The third kappa shape index (κ3) is 7.71. The number of rotatable bonds is 11. The lowest BCUT2D eigenvalue weighted by molar-refractivity contribution is -0.121. The number of benzene rings is 1. The Balaban J connectivity index is 0.00000364. The molecule has 0 bridgehead atoms. The molecule has 5 heteroatoms. The van der Waals surface area contributed by atoms with Crippen molar-refractivity contribution in [2.24, 2.45) is 11.7 Å². The SMILES string of the molecule is CC(C)COc1ccc(C2(CNC(=O)CCCCCN)CCCC2)cc1.Cl. The second-order valence-corrected chi connectivity index (χ2v) is 8.09. The number of carbonyl (C=O) groups is 1. The second kappa shape index (κ2) is 12.2. The Hall–Kier alpha value is -1.26. The van der Waals surface area contributed by atoms with Gasteiger partial charge < -0.3 is 15.8 Å². The molecule has 1 aliphatic rings. The van der Waals surface area contributed by atoms with E-state index < -0.39 is 0 Å². The fraction of sp³-hybridized carbons (Fsp3) is 0.682. The van der Waals surface area contributed by atoms with Gasteiger partial charge in [-0.05, 0) is 55.8 Å². The maximum Gasteiger partial charge on any atom is 0.220 e. The maximum absolute atomic E-state index is 12.2. The molecule has 1 fully saturated rings. The van der Waals surface area contributed by atoms with Gasteiger partial charge in [-0.3, -0.25) is 4.79 Å². The molecule has 2 rings (SSSR count). The first-order valence-electron chi connectivity index (χ1n) is 10.3. The van der Waals surface area contributed by atoms with E-state index >= 15 is 0 Å². The molecule has 1 aliphatic carbocycles. The number of carbonyl (C=O) groups excluding carboxylic acids is 1. The fourth-order valence-corrected chi connectivity index (χ4v) is 3.75. The molecule has 0 aliphatic heterocycles. The minimum Gasteiger partial charge on any atom is -0.493 e. The molecule has 1 aromatic rings. The predicted octanol–water partition coefficient (Wildman–Crippen LogP) is 4.59. The number of hydrogen-bond acceptors (Lipinski definition) is 3. The van der Waals surface area contributed by atoms with Crippen LogP contribution in [0.15, 0.2) is 24.3 Å². The zero-order valence-corrected chi connectivity index (χ0v) is 17.8. The molecule has 1 saturated carbocycles. The molecule has 0 aromatic heterocycles. The molecule has 1 aromatic carbocycles. The van der Waals surface area contributed by atoms with Crippen LogP contribution in [-0.4, -0.2) is 25.6 Å². The lowest BCUT2D eigenvalue weighted by Crippen LogP contribution is -2.38. The summed E-state index contributed by atoms with van der Waals surface area (Å²) >= 11 is 0. The van der Waals surface area contributed by atoms with Crippen LogP contribution < -0.4 is 15.8 Å². The molecule has 4 nitrogen and oxygen atoms in total. The van der Waals surface area contributed by atoms with Crippen LogP contribution >= 0.6 is 12.4 Å². The standard InChI is InChI=1S/C22H36N2O2.ClH/c1-18(2)16-26-20-11-9-19(10-12-20)22(13-5-6-14-22)17-24-21(25)8-4-3-7-15-23;/h9-12,18H,3-8,13-17,23H2,1-2H3,(H,24,25);1H. The summed E-state index contributed by atoms with van der Waals surface area (Å²) in [4.78, 5) is 12.2. The van der Waals surface area contributed by atoms with E-state index in [0.717, 1.165) is 51.0 Å². The van der Waals surface area contributed by atoms with E-state index in [0.29, 0.717) is 18.9 Å². The van der Waals surface area contributed by atoms with Crippen LogP contribution in [-0.2, 0) is 10.2 Å². The topological polar surface area (TPSA) is 64.3 Å². The van der Waals surface area contributed by atoms with Crippen molar-refractivity contribution in [1.29, 1.82) is 0 Å². The number of nitrogens with one attached hydrogen (secondary N) is 1. The van der Waals surface area contributed by atoms with Crippen LogP contribution in [0.1, 0.15) is 70.8 Å². The number of hydrogen-bond donors (Lipinski definition) is 2. The molecular formula is C22H37ClN2O2. The van der Waals surface area contributed by atoms with Crippen LogP contribution in [0.5, 0.6) is 5.75 Å². The number of nitrogens with two attached hydrogens (primary N) is 1. The minimum atomic E-state index is 0. The van der Waals surface area contributed by atoms with Gasteiger partial charge in [-0.1, -0.05) is 45.2 Å². The van der Waals surface area contributed by atoms with Gasteiger partial charge >= 0.3 is 0 Å². The predicted molar refractivity (Wildman–Crippen MR) is 115 cm³/mol. The molecule has 0 spiro atoms. The molecular weight excluding hydrogens is 360 g/mol. The smallest absolute Gasteiger partial charge is 0.220 e. The van der Waals surface area contributed by atoms with Gasteiger partial charge in [-0.2, -0.15) is 0 Å². The third-order valence-electron chi connectivity index (χ3n) is 5.34. The number of unbranched alkanes of at least 4 members (excludes halogenated alkanes) is 2. The third-order valence-corrected chi connectivity index (χ3v) is 5.34. The molecule has 0 unspecified atom stereocenters. The van der Waals surface area contributed by atoms with Crippen molar-refractivity contribution in [1.82, 2.24) is 5.32 Å². The summed E-state index contributed by atoms with van der Waals surface area (Å²) in [6, 6.07) is 8.53. The van der Waals surface area contributed by atoms with Crippen molar-refractivity contribution in [2.45, 2.75) is 70.6 Å². The Morgan fingerprint density at radius 3 is 2.41 bits per heavy atom.